The molecule has 2 heterocycles. The fourth-order valence-electron chi connectivity index (χ4n) is 2.81. The summed E-state index contributed by atoms with van der Waals surface area (Å²) in [6.45, 7) is 3.23. The molecule has 0 saturated carbocycles. The van der Waals surface area contributed by atoms with Crippen LogP contribution in [0, 0.1) is 0 Å². The van der Waals surface area contributed by atoms with Gasteiger partial charge in [-0.2, -0.15) is 0 Å². The number of nitrogens with one attached hydrogen (secondary N) is 2. The third-order valence-corrected chi connectivity index (χ3v) is 4.42. The van der Waals surface area contributed by atoms with Gasteiger partial charge in [0.15, 0.2) is 5.11 Å². The van der Waals surface area contributed by atoms with Crippen molar-refractivity contribution in [3.05, 3.63) is 42.1 Å². The van der Waals surface area contributed by atoms with E-state index in [0.717, 1.165) is 31.2 Å². The van der Waals surface area contributed by atoms with E-state index in [2.05, 4.69) is 51.7 Å². The van der Waals surface area contributed by atoms with Gasteiger partial charge in [0.25, 0.3) is 0 Å². The molecule has 1 aromatic heterocycles. The molecule has 0 amide bonds. The average molecular weight is 315 g/mol. The van der Waals surface area contributed by atoms with Crippen molar-refractivity contribution in [2.45, 2.75) is 6.42 Å². The van der Waals surface area contributed by atoms with E-state index < -0.39 is 0 Å². The second kappa shape index (κ2) is 6.94. The van der Waals surface area contributed by atoms with Gasteiger partial charge in [-0.15, -0.1) is 0 Å². The van der Waals surface area contributed by atoms with E-state index >= 15 is 0 Å². The quantitative estimate of drug-likeness (QED) is 0.672. The molecule has 0 aliphatic carbocycles. The lowest BCUT2D eigenvalue weighted by Crippen LogP contribution is -2.42. The summed E-state index contributed by atoms with van der Waals surface area (Å²) in [6.07, 6.45) is 5.40. The van der Waals surface area contributed by atoms with Crippen LogP contribution in [-0.2, 0) is 4.74 Å². The number of para-hydroxylation sites is 1. The molecule has 1 aliphatic rings. The second-order valence-corrected chi connectivity index (χ2v) is 5.78. The number of rotatable bonds is 4. The molecule has 0 saturated heterocycles. The normalized spacial score (nSPS) is 15.0. The molecular weight excluding hydrogens is 294 g/mol. The van der Waals surface area contributed by atoms with Crippen LogP contribution in [0.15, 0.2) is 36.5 Å². The zero-order chi connectivity index (χ0) is 15.4. The summed E-state index contributed by atoms with van der Waals surface area (Å²) in [4.78, 5) is 5.55. The van der Waals surface area contributed by atoms with Gasteiger partial charge in [-0.3, -0.25) is 0 Å². The highest BCUT2D eigenvalue weighted by Crippen LogP contribution is 2.29. The highest BCUT2D eigenvalue weighted by molar-refractivity contribution is 7.80. The van der Waals surface area contributed by atoms with Crippen LogP contribution < -0.4 is 5.32 Å². The predicted octanol–water partition coefficient (Wildman–Crippen LogP) is 2.78. The van der Waals surface area contributed by atoms with Gasteiger partial charge in [-0.05, 0) is 30.3 Å². The van der Waals surface area contributed by atoms with E-state index in [4.69, 9.17) is 17.0 Å². The number of benzene rings is 1. The van der Waals surface area contributed by atoms with Crippen molar-refractivity contribution in [2.24, 2.45) is 0 Å². The largest absolute Gasteiger partial charge is 0.383 e. The van der Waals surface area contributed by atoms with E-state index in [1.165, 1.54) is 22.0 Å². The van der Waals surface area contributed by atoms with Crippen molar-refractivity contribution in [3.8, 4) is 0 Å². The molecule has 1 aromatic carbocycles. The minimum atomic E-state index is 0.671. The zero-order valence-corrected chi connectivity index (χ0v) is 13.6. The molecule has 0 radical (unpaired) electrons. The van der Waals surface area contributed by atoms with Crippen molar-refractivity contribution < 1.29 is 4.74 Å². The van der Waals surface area contributed by atoms with Gasteiger partial charge < -0.3 is 19.9 Å². The highest BCUT2D eigenvalue weighted by atomic mass is 32.1. The van der Waals surface area contributed by atoms with Crippen LogP contribution >= 0.6 is 12.2 Å². The van der Waals surface area contributed by atoms with Crippen molar-refractivity contribution in [1.29, 1.82) is 0 Å². The molecule has 0 unspecified atom stereocenters. The van der Waals surface area contributed by atoms with Crippen LogP contribution in [0.1, 0.15) is 12.0 Å². The van der Waals surface area contributed by atoms with Gasteiger partial charge in [0.05, 0.1) is 6.61 Å². The average Bonchev–Trinajstić information content (AvgIpc) is 2.99. The lowest BCUT2D eigenvalue weighted by atomic mass is 9.99. The first kappa shape index (κ1) is 15.1. The van der Waals surface area contributed by atoms with E-state index in [1.807, 2.05) is 0 Å². The molecule has 0 fully saturated rings. The smallest absolute Gasteiger partial charge is 0.169 e. The highest BCUT2D eigenvalue weighted by Gasteiger charge is 2.17. The Kier molecular flexibility index (Phi) is 4.75. The fourth-order valence-corrected chi connectivity index (χ4v) is 3.08. The molecule has 4 nitrogen and oxygen atoms in total. The zero-order valence-electron chi connectivity index (χ0n) is 12.8. The van der Waals surface area contributed by atoms with Crippen LogP contribution in [0.5, 0.6) is 0 Å². The molecule has 1 aliphatic heterocycles. The number of fused-ring (bicyclic) bond motifs is 1. The molecule has 0 atom stereocenters. The van der Waals surface area contributed by atoms with Crippen molar-refractivity contribution in [1.82, 2.24) is 15.2 Å². The van der Waals surface area contributed by atoms with Gasteiger partial charge in [-0.1, -0.05) is 24.3 Å². The summed E-state index contributed by atoms with van der Waals surface area (Å²) in [7, 11) is 1.70. The number of aromatic nitrogens is 1. The number of ether oxygens (including phenoxy) is 1. The number of methoxy groups -OCH3 is 1. The Morgan fingerprint density at radius 3 is 3.05 bits per heavy atom. The molecule has 0 bridgehead atoms. The Bertz CT molecular complexity index is 692. The molecule has 22 heavy (non-hydrogen) atoms. The van der Waals surface area contributed by atoms with E-state index in [9.17, 15) is 0 Å². The molecular formula is C17H21N3OS. The standard InChI is InChI=1S/C17H21N3OS/c1-21-11-8-18-17(22)20-9-6-13(7-10-20)15-12-19-16-5-3-2-4-14(15)16/h2-6,12,19H,7-11H2,1H3,(H,18,22). The summed E-state index contributed by atoms with van der Waals surface area (Å²) in [5, 5.41) is 5.34. The first-order valence-corrected chi connectivity index (χ1v) is 7.97. The van der Waals surface area contributed by atoms with Crippen LogP contribution in [0.2, 0.25) is 0 Å². The van der Waals surface area contributed by atoms with Gasteiger partial charge in [-0.25, -0.2) is 0 Å². The molecule has 3 rings (SSSR count). The Morgan fingerprint density at radius 2 is 2.27 bits per heavy atom. The Balaban J connectivity index is 1.67. The number of hydrogen-bond donors (Lipinski definition) is 2. The van der Waals surface area contributed by atoms with Crippen LogP contribution in [0.4, 0.5) is 0 Å². The van der Waals surface area contributed by atoms with Crippen LogP contribution in [0.3, 0.4) is 0 Å². The molecule has 5 heteroatoms. The van der Waals surface area contributed by atoms with Crippen LogP contribution in [0.25, 0.3) is 16.5 Å². The maximum Gasteiger partial charge on any atom is 0.169 e. The first-order valence-electron chi connectivity index (χ1n) is 7.57. The van der Waals surface area contributed by atoms with Gasteiger partial charge in [0, 0.05) is 49.4 Å². The summed E-state index contributed by atoms with van der Waals surface area (Å²) < 4.78 is 5.03. The maximum absolute atomic E-state index is 5.43. The van der Waals surface area contributed by atoms with Crippen LogP contribution in [-0.4, -0.2) is 48.3 Å². The van der Waals surface area contributed by atoms with Gasteiger partial charge >= 0.3 is 0 Å². The fraction of sp³-hybridized carbons (Fsp3) is 0.353. The lowest BCUT2D eigenvalue weighted by Gasteiger charge is -2.29. The van der Waals surface area contributed by atoms with Crippen molar-refractivity contribution >= 4 is 33.8 Å². The molecule has 116 valence electrons. The van der Waals surface area contributed by atoms with Gasteiger partial charge in [0.1, 0.15) is 0 Å². The Labute approximate surface area is 136 Å². The summed E-state index contributed by atoms with van der Waals surface area (Å²) in [5.74, 6) is 0. The second-order valence-electron chi connectivity index (χ2n) is 5.40. The summed E-state index contributed by atoms with van der Waals surface area (Å²) in [6, 6.07) is 8.43. The van der Waals surface area contributed by atoms with Crippen molar-refractivity contribution in [3.63, 3.8) is 0 Å². The third kappa shape index (κ3) is 3.15. The number of H-pyrrole nitrogens is 1. The minimum Gasteiger partial charge on any atom is -0.383 e. The molecule has 0 spiro atoms. The monoisotopic (exact) mass is 315 g/mol. The lowest BCUT2D eigenvalue weighted by molar-refractivity contribution is 0.203. The number of nitrogens with zero attached hydrogens (tertiary/aromatic N) is 1. The number of aromatic amines is 1. The summed E-state index contributed by atoms with van der Waals surface area (Å²) in [5.41, 5.74) is 3.90. The topological polar surface area (TPSA) is 40.3 Å². The van der Waals surface area contributed by atoms with Crippen molar-refractivity contribution in [2.75, 3.05) is 33.4 Å². The minimum absolute atomic E-state index is 0.671. The Hall–Kier alpha value is -1.85. The Morgan fingerprint density at radius 1 is 1.41 bits per heavy atom. The molecule has 2 N–H and O–H groups in total. The maximum atomic E-state index is 5.43. The van der Waals surface area contributed by atoms with E-state index in [-0.39, 0.29) is 0 Å². The van der Waals surface area contributed by atoms with E-state index in [0.29, 0.717) is 6.61 Å². The first-order chi connectivity index (χ1) is 10.8. The summed E-state index contributed by atoms with van der Waals surface area (Å²) >= 11 is 5.43. The number of thiocarbonyl (C=S) groups is 1. The third-order valence-electron chi connectivity index (χ3n) is 4.01. The van der Waals surface area contributed by atoms with E-state index in [1.54, 1.807) is 7.11 Å². The SMILES string of the molecule is COCCNC(=S)N1CC=C(c2c[nH]c3ccccc23)CC1. The van der Waals surface area contributed by atoms with Gasteiger partial charge in [0.2, 0.25) is 0 Å². The predicted molar refractivity (Wildman–Crippen MR) is 94.9 cm³/mol. The molecule has 2 aromatic rings. The number of hydrogen-bond acceptors (Lipinski definition) is 2.